The summed E-state index contributed by atoms with van der Waals surface area (Å²) in [6, 6.07) is 16.2. The number of nitrogens with one attached hydrogen (secondary N) is 1. The van der Waals surface area contributed by atoms with Gasteiger partial charge >= 0.3 is 0 Å². The van der Waals surface area contributed by atoms with Crippen molar-refractivity contribution in [3.05, 3.63) is 70.6 Å². The molecule has 3 N–H and O–H groups in total. The first-order valence-corrected chi connectivity index (χ1v) is 10.2. The molecule has 0 spiro atoms. The Morgan fingerprint density at radius 2 is 1.94 bits per heavy atom. The van der Waals surface area contributed by atoms with E-state index < -0.39 is 5.92 Å². The Hall–Kier alpha value is -3.92. The highest BCUT2D eigenvalue weighted by Gasteiger charge is 2.36. The lowest BCUT2D eigenvalue weighted by molar-refractivity contribution is 0.174. The van der Waals surface area contributed by atoms with E-state index in [0.29, 0.717) is 28.9 Å². The van der Waals surface area contributed by atoms with Gasteiger partial charge < -0.3 is 19.9 Å². The number of allylic oxidation sites excluding steroid dienone is 1. The molecule has 5 rings (SSSR count). The zero-order valence-electron chi connectivity index (χ0n) is 17.3. The molecule has 0 radical (unpaired) electrons. The van der Waals surface area contributed by atoms with Crippen molar-refractivity contribution in [2.45, 2.75) is 26.2 Å². The van der Waals surface area contributed by atoms with E-state index in [2.05, 4.69) is 54.4 Å². The molecule has 156 valence electrons. The van der Waals surface area contributed by atoms with Gasteiger partial charge in [-0.3, -0.25) is 5.10 Å². The van der Waals surface area contributed by atoms with E-state index >= 15 is 0 Å². The number of benzene rings is 2. The van der Waals surface area contributed by atoms with Crippen LogP contribution in [0.1, 0.15) is 36.5 Å². The molecule has 1 atom stereocenters. The van der Waals surface area contributed by atoms with Crippen molar-refractivity contribution in [1.82, 2.24) is 10.2 Å². The van der Waals surface area contributed by atoms with Crippen molar-refractivity contribution in [2.24, 2.45) is 11.7 Å². The summed E-state index contributed by atoms with van der Waals surface area (Å²) in [7, 11) is 0. The number of nitrogens with zero attached hydrogens (tertiary/aromatic N) is 2. The number of rotatable bonds is 4. The summed E-state index contributed by atoms with van der Waals surface area (Å²) in [4.78, 5) is 0. The van der Waals surface area contributed by atoms with Gasteiger partial charge in [0.05, 0.1) is 17.2 Å². The minimum atomic E-state index is -0.438. The second kappa shape index (κ2) is 7.40. The first-order chi connectivity index (χ1) is 15.0. The SMILES string of the molecule is CC(C)Cc1ccc(-c2[nH]nc3c2[C@H](c2ccc4c(c2)OCO4)C(C#N)=C(N)O3)cc1. The first kappa shape index (κ1) is 19.1. The summed E-state index contributed by atoms with van der Waals surface area (Å²) in [6.07, 6.45) is 1.02. The Bertz CT molecular complexity index is 1220. The van der Waals surface area contributed by atoms with Gasteiger partial charge in [0.25, 0.3) is 0 Å². The monoisotopic (exact) mass is 414 g/mol. The summed E-state index contributed by atoms with van der Waals surface area (Å²) in [5, 5.41) is 17.3. The maximum Gasteiger partial charge on any atom is 0.244 e. The normalized spacial score (nSPS) is 16.8. The molecule has 0 saturated heterocycles. The van der Waals surface area contributed by atoms with Crippen molar-refractivity contribution < 1.29 is 14.2 Å². The third kappa shape index (κ3) is 3.26. The van der Waals surface area contributed by atoms with Crippen LogP contribution in [0.5, 0.6) is 17.4 Å². The number of aromatic amines is 1. The lowest BCUT2D eigenvalue weighted by Crippen LogP contribution is -2.21. The van der Waals surface area contributed by atoms with E-state index in [1.165, 1.54) is 5.56 Å². The number of ether oxygens (including phenoxy) is 3. The van der Waals surface area contributed by atoms with Crippen LogP contribution in [0, 0.1) is 17.2 Å². The minimum Gasteiger partial charge on any atom is -0.454 e. The highest BCUT2D eigenvalue weighted by Crippen LogP contribution is 2.47. The van der Waals surface area contributed by atoms with Gasteiger partial charge in [-0.25, -0.2) is 0 Å². The highest BCUT2D eigenvalue weighted by atomic mass is 16.7. The number of hydrogen-bond acceptors (Lipinski definition) is 6. The molecule has 0 fully saturated rings. The van der Waals surface area contributed by atoms with Crippen LogP contribution in [0.3, 0.4) is 0 Å². The van der Waals surface area contributed by atoms with Crippen LogP contribution in [-0.2, 0) is 6.42 Å². The molecule has 2 aliphatic heterocycles. The van der Waals surface area contributed by atoms with Crippen molar-refractivity contribution >= 4 is 0 Å². The second-order valence-corrected chi connectivity index (χ2v) is 8.15. The second-order valence-electron chi connectivity index (χ2n) is 8.15. The molecule has 0 unspecified atom stereocenters. The van der Waals surface area contributed by atoms with Crippen molar-refractivity contribution in [2.75, 3.05) is 6.79 Å². The summed E-state index contributed by atoms with van der Waals surface area (Å²) < 4.78 is 16.7. The van der Waals surface area contributed by atoms with E-state index in [-0.39, 0.29) is 12.7 Å². The Morgan fingerprint density at radius 1 is 1.16 bits per heavy atom. The van der Waals surface area contributed by atoms with Crippen molar-refractivity contribution in [3.8, 4) is 34.7 Å². The van der Waals surface area contributed by atoms with Gasteiger partial charge in [0.1, 0.15) is 11.6 Å². The summed E-state index contributed by atoms with van der Waals surface area (Å²) in [6.45, 7) is 4.58. The fraction of sp³-hybridized carbons (Fsp3) is 0.250. The standard InChI is InChI=1S/C24H22N4O3/c1-13(2)9-14-3-5-15(6-4-14)22-21-20(16-7-8-18-19(10-16)30-12-29-18)17(11-25)23(26)31-24(21)28-27-22/h3-8,10,13,20H,9,12,26H2,1-2H3,(H,27,28)/t20-/m1/s1. The third-order valence-electron chi connectivity index (χ3n) is 5.56. The van der Waals surface area contributed by atoms with Crippen LogP contribution in [-0.4, -0.2) is 17.0 Å². The smallest absolute Gasteiger partial charge is 0.244 e. The highest BCUT2D eigenvalue weighted by molar-refractivity contribution is 5.71. The fourth-order valence-electron chi connectivity index (χ4n) is 4.17. The van der Waals surface area contributed by atoms with Gasteiger partial charge in [0, 0.05) is 5.56 Å². The first-order valence-electron chi connectivity index (χ1n) is 10.2. The van der Waals surface area contributed by atoms with Crippen LogP contribution in [0.25, 0.3) is 11.3 Å². The molecular formula is C24H22N4O3. The molecule has 0 amide bonds. The summed E-state index contributed by atoms with van der Waals surface area (Å²) in [5.74, 6) is 1.90. The topological polar surface area (TPSA) is 106 Å². The molecular weight excluding hydrogens is 392 g/mol. The van der Waals surface area contributed by atoms with Gasteiger partial charge in [0.15, 0.2) is 11.5 Å². The molecule has 0 saturated carbocycles. The van der Waals surface area contributed by atoms with E-state index in [4.69, 9.17) is 19.9 Å². The molecule has 0 bridgehead atoms. The number of H-pyrrole nitrogens is 1. The predicted octanol–water partition coefficient (Wildman–Crippen LogP) is 4.22. The molecule has 1 aromatic heterocycles. The van der Waals surface area contributed by atoms with E-state index in [9.17, 15) is 5.26 Å². The quantitative estimate of drug-likeness (QED) is 0.662. The predicted molar refractivity (Wildman–Crippen MR) is 114 cm³/mol. The zero-order valence-corrected chi connectivity index (χ0v) is 17.3. The van der Waals surface area contributed by atoms with Gasteiger partial charge in [0.2, 0.25) is 18.6 Å². The maximum atomic E-state index is 9.88. The molecule has 2 aliphatic rings. The van der Waals surface area contributed by atoms with Gasteiger partial charge in [-0.1, -0.05) is 44.2 Å². The average molecular weight is 414 g/mol. The Labute approximate surface area is 180 Å². The molecule has 3 aromatic rings. The Kier molecular flexibility index (Phi) is 4.55. The third-order valence-corrected chi connectivity index (χ3v) is 5.56. The Balaban J connectivity index is 1.62. The molecule has 31 heavy (non-hydrogen) atoms. The van der Waals surface area contributed by atoms with Gasteiger partial charge in [-0.2, -0.15) is 5.26 Å². The molecule has 7 nitrogen and oxygen atoms in total. The number of hydrogen-bond donors (Lipinski definition) is 2. The average Bonchev–Trinajstić information content (AvgIpc) is 3.39. The summed E-state index contributed by atoms with van der Waals surface area (Å²) in [5.41, 5.74) is 11.1. The number of nitrogens with two attached hydrogens (primary N) is 1. The van der Waals surface area contributed by atoms with Crippen molar-refractivity contribution in [3.63, 3.8) is 0 Å². The van der Waals surface area contributed by atoms with Crippen LogP contribution >= 0.6 is 0 Å². The maximum absolute atomic E-state index is 9.88. The summed E-state index contributed by atoms with van der Waals surface area (Å²) >= 11 is 0. The van der Waals surface area contributed by atoms with Crippen LogP contribution in [0.2, 0.25) is 0 Å². The van der Waals surface area contributed by atoms with Crippen LogP contribution < -0.4 is 19.9 Å². The van der Waals surface area contributed by atoms with Crippen molar-refractivity contribution in [1.29, 1.82) is 5.26 Å². The van der Waals surface area contributed by atoms with Crippen LogP contribution in [0.4, 0.5) is 0 Å². The Morgan fingerprint density at radius 3 is 2.68 bits per heavy atom. The fourth-order valence-corrected chi connectivity index (χ4v) is 4.17. The lowest BCUT2D eigenvalue weighted by Gasteiger charge is -2.24. The largest absolute Gasteiger partial charge is 0.454 e. The van der Waals surface area contributed by atoms with Gasteiger partial charge in [-0.05, 0) is 35.6 Å². The van der Waals surface area contributed by atoms with Crippen LogP contribution in [0.15, 0.2) is 53.9 Å². The number of aromatic nitrogens is 2. The van der Waals surface area contributed by atoms with Gasteiger partial charge in [-0.15, -0.1) is 5.10 Å². The number of nitriles is 1. The van der Waals surface area contributed by atoms with E-state index in [1.807, 2.05) is 18.2 Å². The zero-order chi connectivity index (χ0) is 21.5. The van der Waals surface area contributed by atoms with E-state index in [1.54, 1.807) is 0 Å². The minimum absolute atomic E-state index is 0.0583. The number of fused-ring (bicyclic) bond motifs is 2. The molecule has 3 heterocycles. The molecule has 7 heteroatoms. The lowest BCUT2D eigenvalue weighted by atomic mass is 9.83. The van der Waals surface area contributed by atoms with E-state index in [0.717, 1.165) is 28.8 Å². The molecule has 0 aliphatic carbocycles. The molecule has 2 aromatic carbocycles.